The molecule has 102 valence electrons. The number of nitrogens with zero attached hydrogens (tertiary/aromatic N) is 1. The molecule has 0 aromatic heterocycles. The molecule has 1 rings (SSSR count). The third-order valence-corrected chi connectivity index (χ3v) is 5.12. The number of hydrogen-bond acceptors (Lipinski definition) is 3. The van der Waals surface area contributed by atoms with E-state index in [1.54, 1.807) is 0 Å². The number of halogens is 3. The van der Waals surface area contributed by atoms with Crippen LogP contribution in [0, 0.1) is 0 Å². The number of benzene rings is 1. The first-order chi connectivity index (χ1) is 8.16. The van der Waals surface area contributed by atoms with Crippen LogP contribution in [0.3, 0.4) is 0 Å². The number of hydrogen-bond donors (Lipinski definition) is 1. The average molecular weight is 333 g/mol. The van der Waals surface area contributed by atoms with Crippen LogP contribution in [0.4, 0.5) is 0 Å². The molecule has 1 atom stereocenters. The molecule has 1 N–H and O–H groups in total. The van der Waals surface area contributed by atoms with E-state index in [0.29, 0.717) is 0 Å². The fourth-order valence-corrected chi connectivity index (χ4v) is 4.14. The molecule has 18 heavy (non-hydrogen) atoms. The fraction of sp³-hybridized carbons (Fsp3) is 0.400. The normalized spacial score (nSPS) is 13.9. The summed E-state index contributed by atoms with van der Waals surface area (Å²) in [6.45, 7) is 1.43. The third-order valence-electron chi connectivity index (χ3n) is 2.15. The predicted octanol–water partition coefficient (Wildman–Crippen LogP) is 2.65. The van der Waals surface area contributed by atoms with E-state index < -0.39 is 16.1 Å². The van der Waals surface area contributed by atoms with Crippen molar-refractivity contribution >= 4 is 44.8 Å². The molecule has 0 heterocycles. The molecule has 0 saturated carbocycles. The van der Waals surface area contributed by atoms with E-state index in [1.165, 1.54) is 26.1 Å². The van der Waals surface area contributed by atoms with Gasteiger partial charge in [0.25, 0.3) is 0 Å². The van der Waals surface area contributed by atoms with Gasteiger partial charge in [-0.15, -0.1) is 0 Å². The summed E-state index contributed by atoms with van der Waals surface area (Å²) >= 11 is 17.4. The van der Waals surface area contributed by atoms with Gasteiger partial charge in [-0.25, -0.2) is 8.42 Å². The van der Waals surface area contributed by atoms with Crippen molar-refractivity contribution in [3.63, 3.8) is 0 Å². The number of rotatable bonds is 4. The molecule has 0 amide bonds. The molecular weight excluding hydrogens is 321 g/mol. The number of sulfonamides is 1. The SMILES string of the molecule is CC(O)CN(C)S(=O)(=O)c1c(Cl)cc(Cl)cc1Cl. The Morgan fingerprint density at radius 3 is 2.11 bits per heavy atom. The van der Waals surface area contributed by atoms with Crippen molar-refractivity contribution in [2.45, 2.75) is 17.9 Å². The predicted molar refractivity (Wildman–Crippen MR) is 73.0 cm³/mol. The van der Waals surface area contributed by atoms with Crippen LogP contribution in [0.5, 0.6) is 0 Å². The van der Waals surface area contributed by atoms with Crippen molar-refractivity contribution in [1.82, 2.24) is 4.31 Å². The molecule has 0 spiro atoms. The van der Waals surface area contributed by atoms with Gasteiger partial charge in [-0.2, -0.15) is 4.31 Å². The molecule has 0 radical (unpaired) electrons. The lowest BCUT2D eigenvalue weighted by Gasteiger charge is -2.20. The number of aliphatic hydroxyl groups is 1. The first-order valence-electron chi connectivity index (χ1n) is 4.95. The van der Waals surface area contributed by atoms with Gasteiger partial charge < -0.3 is 5.11 Å². The van der Waals surface area contributed by atoms with Crippen LogP contribution in [0.25, 0.3) is 0 Å². The zero-order valence-electron chi connectivity index (χ0n) is 9.69. The van der Waals surface area contributed by atoms with Crippen LogP contribution < -0.4 is 0 Å². The highest BCUT2D eigenvalue weighted by Crippen LogP contribution is 2.34. The quantitative estimate of drug-likeness (QED) is 0.922. The molecule has 0 bridgehead atoms. The van der Waals surface area contributed by atoms with E-state index in [1.807, 2.05) is 0 Å². The van der Waals surface area contributed by atoms with Crippen LogP contribution in [-0.4, -0.2) is 37.5 Å². The fourth-order valence-electron chi connectivity index (χ4n) is 1.40. The molecule has 0 aliphatic rings. The second kappa shape index (κ2) is 5.94. The standard InChI is InChI=1S/C10H12Cl3NO3S/c1-6(15)5-14(2)18(16,17)10-8(12)3-7(11)4-9(10)13/h3-4,6,15H,5H2,1-2H3. The van der Waals surface area contributed by atoms with E-state index in [4.69, 9.17) is 34.8 Å². The Kier molecular flexibility index (Phi) is 5.29. The maximum Gasteiger partial charge on any atom is 0.245 e. The summed E-state index contributed by atoms with van der Waals surface area (Å²) in [5, 5.41) is 9.37. The maximum absolute atomic E-state index is 12.2. The Labute approximate surface area is 121 Å². The van der Waals surface area contributed by atoms with Gasteiger partial charge in [0.15, 0.2) is 0 Å². The van der Waals surface area contributed by atoms with E-state index in [0.717, 1.165) is 4.31 Å². The molecule has 0 fully saturated rings. The largest absolute Gasteiger partial charge is 0.392 e. The summed E-state index contributed by atoms with van der Waals surface area (Å²) in [7, 11) is -2.52. The molecule has 4 nitrogen and oxygen atoms in total. The Bertz CT molecular complexity index is 522. The lowest BCUT2D eigenvalue weighted by atomic mass is 10.4. The van der Waals surface area contributed by atoms with Gasteiger partial charge in [-0.05, 0) is 19.1 Å². The lowest BCUT2D eigenvalue weighted by Crippen LogP contribution is -2.33. The molecule has 0 saturated heterocycles. The van der Waals surface area contributed by atoms with Crippen molar-refractivity contribution in [3.8, 4) is 0 Å². The summed E-state index contributed by atoms with van der Waals surface area (Å²) in [6, 6.07) is 2.61. The Morgan fingerprint density at radius 2 is 1.72 bits per heavy atom. The summed E-state index contributed by atoms with van der Waals surface area (Å²) in [5.41, 5.74) is 0. The van der Waals surface area contributed by atoms with Gasteiger partial charge in [0.2, 0.25) is 10.0 Å². The first kappa shape index (κ1) is 16.0. The van der Waals surface area contributed by atoms with Gasteiger partial charge in [0.05, 0.1) is 16.1 Å². The monoisotopic (exact) mass is 331 g/mol. The second-order valence-electron chi connectivity index (χ2n) is 3.83. The van der Waals surface area contributed by atoms with Crippen molar-refractivity contribution < 1.29 is 13.5 Å². The van der Waals surface area contributed by atoms with Crippen molar-refractivity contribution in [2.75, 3.05) is 13.6 Å². The van der Waals surface area contributed by atoms with Gasteiger partial charge >= 0.3 is 0 Å². The summed E-state index contributed by atoms with van der Waals surface area (Å²) in [5.74, 6) is 0. The molecule has 0 aliphatic heterocycles. The van der Waals surface area contributed by atoms with Gasteiger partial charge in [0.1, 0.15) is 4.90 Å². The third kappa shape index (κ3) is 3.50. The minimum absolute atomic E-state index is 0.0510. The Morgan fingerprint density at radius 1 is 1.28 bits per heavy atom. The number of likely N-dealkylation sites (N-methyl/N-ethyl adjacent to an activating group) is 1. The molecule has 8 heteroatoms. The molecule has 1 aromatic carbocycles. The smallest absolute Gasteiger partial charge is 0.245 e. The van der Waals surface area contributed by atoms with Crippen molar-refractivity contribution in [2.24, 2.45) is 0 Å². The van der Waals surface area contributed by atoms with Gasteiger partial charge in [-0.3, -0.25) is 0 Å². The zero-order chi connectivity index (χ0) is 14.1. The van der Waals surface area contributed by atoms with E-state index in [2.05, 4.69) is 0 Å². The highest BCUT2D eigenvalue weighted by atomic mass is 35.5. The van der Waals surface area contributed by atoms with Crippen molar-refractivity contribution in [3.05, 3.63) is 27.2 Å². The first-order valence-corrected chi connectivity index (χ1v) is 7.52. The molecule has 1 aromatic rings. The van der Waals surface area contributed by atoms with Crippen LogP contribution in [0.1, 0.15) is 6.92 Å². The highest BCUT2D eigenvalue weighted by Gasteiger charge is 2.27. The summed E-state index contributed by atoms with van der Waals surface area (Å²) in [6.07, 6.45) is -0.797. The van der Waals surface area contributed by atoms with Crippen LogP contribution >= 0.6 is 34.8 Å². The summed E-state index contributed by atoms with van der Waals surface area (Å²) in [4.78, 5) is -0.210. The minimum atomic E-state index is -3.86. The van der Waals surface area contributed by atoms with Gasteiger partial charge in [0, 0.05) is 18.6 Å². The Balaban J connectivity index is 3.29. The zero-order valence-corrected chi connectivity index (χ0v) is 12.8. The molecule has 0 aliphatic carbocycles. The maximum atomic E-state index is 12.2. The van der Waals surface area contributed by atoms with E-state index >= 15 is 0 Å². The van der Waals surface area contributed by atoms with Crippen molar-refractivity contribution in [1.29, 1.82) is 0 Å². The lowest BCUT2D eigenvalue weighted by molar-refractivity contribution is 0.171. The molecule has 1 unspecified atom stereocenters. The van der Waals surface area contributed by atoms with Crippen LogP contribution in [0.15, 0.2) is 17.0 Å². The average Bonchev–Trinajstić information content (AvgIpc) is 2.13. The van der Waals surface area contributed by atoms with Crippen LogP contribution in [-0.2, 0) is 10.0 Å². The minimum Gasteiger partial charge on any atom is -0.392 e. The van der Waals surface area contributed by atoms with E-state index in [-0.39, 0.29) is 26.5 Å². The molecular formula is C10H12Cl3NO3S. The number of aliphatic hydroxyl groups excluding tert-OH is 1. The second-order valence-corrected chi connectivity index (χ2v) is 7.07. The summed E-state index contributed by atoms with van der Waals surface area (Å²) < 4.78 is 25.4. The van der Waals surface area contributed by atoms with Crippen LogP contribution in [0.2, 0.25) is 15.1 Å². The topological polar surface area (TPSA) is 57.6 Å². The highest BCUT2D eigenvalue weighted by molar-refractivity contribution is 7.89. The van der Waals surface area contributed by atoms with E-state index in [9.17, 15) is 13.5 Å². The Hall–Kier alpha value is -0.0400. The van der Waals surface area contributed by atoms with Gasteiger partial charge in [-0.1, -0.05) is 34.8 Å².